The van der Waals surface area contributed by atoms with Crippen LogP contribution in [0.2, 0.25) is 0 Å². The fourth-order valence-corrected chi connectivity index (χ4v) is 4.89. The fourth-order valence-electron chi connectivity index (χ4n) is 1.92. The van der Waals surface area contributed by atoms with Crippen molar-refractivity contribution in [1.82, 2.24) is 10.2 Å². The number of sulfone groups is 1. The fraction of sp³-hybridized carbons (Fsp3) is 0.818. The number of aliphatic hydroxyl groups excluding tert-OH is 1. The van der Waals surface area contributed by atoms with Crippen molar-refractivity contribution in [2.45, 2.75) is 24.8 Å². The number of urea groups is 1. The number of rotatable bonds is 6. The van der Waals surface area contributed by atoms with E-state index in [0.717, 1.165) is 0 Å². The Bertz CT molecular complexity index is 481. The molecule has 0 saturated carbocycles. The molecule has 0 radical (unpaired) electrons. The van der Waals surface area contributed by atoms with Crippen LogP contribution < -0.4 is 5.32 Å². The summed E-state index contributed by atoms with van der Waals surface area (Å²) < 4.78 is 24.0. The number of amides is 2. The molecule has 2 amide bonds. The summed E-state index contributed by atoms with van der Waals surface area (Å²) in [6, 6.07) is -1.96. The minimum Gasteiger partial charge on any atom is -0.480 e. The van der Waals surface area contributed by atoms with Gasteiger partial charge < -0.3 is 20.4 Å². The molecule has 2 atom stereocenters. The van der Waals surface area contributed by atoms with Gasteiger partial charge >= 0.3 is 12.0 Å². The predicted molar refractivity (Wildman–Crippen MR) is 78.9 cm³/mol. The number of thioether (sulfide) groups is 1. The lowest BCUT2D eigenvalue weighted by Gasteiger charge is -2.35. The Kier molecular flexibility index (Phi) is 6.75. The number of carboxylic acid groups (broad SMARTS) is 1. The number of hydrogen-bond donors (Lipinski definition) is 3. The molecule has 1 unspecified atom stereocenters. The summed E-state index contributed by atoms with van der Waals surface area (Å²) in [5, 5.41) is 19.1. The standard InChI is InChI=1S/C11H20N2O6S2/c1-2-21(18,19)9-7-20-6-4-13(9)11(17)12-8(3-5-14)10(15)16/h8-9,14H,2-7H2,1H3,(H,12,17)(H,15,16)/t8-,9?/m1/s1. The second kappa shape index (κ2) is 7.85. The zero-order valence-corrected chi connectivity index (χ0v) is 13.3. The number of carbonyl (C=O) groups excluding carboxylic acids is 1. The van der Waals surface area contributed by atoms with Crippen molar-refractivity contribution in [2.24, 2.45) is 0 Å². The molecule has 21 heavy (non-hydrogen) atoms. The van der Waals surface area contributed by atoms with E-state index in [4.69, 9.17) is 10.2 Å². The number of carbonyl (C=O) groups is 2. The van der Waals surface area contributed by atoms with Gasteiger partial charge in [0.15, 0.2) is 9.84 Å². The van der Waals surface area contributed by atoms with Crippen LogP contribution in [0.4, 0.5) is 4.79 Å². The molecular weight excluding hydrogens is 320 g/mol. The van der Waals surface area contributed by atoms with Crippen LogP contribution in [0.25, 0.3) is 0 Å². The first kappa shape index (κ1) is 18.1. The lowest BCUT2D eigenvalue weighted by atomic mass is 10.2. The molecule has 1 saturated heterocycles. The summed E-state index contributed by atoms with van der Waals surface area (Å²) in [6.45, 7) is 1.37. The molecule has 0 aromatic heterocycles. The topological polar surface area (TPSA) is 124 Å². The van der Waals surface area contributed by atoms with Crippen molar-refractivity contribution in [3.8, 4) is 0 Å². The molecule has 1 fully saturated rings. The van der Waals surface area contributed by atoms with Crippen LogP contribution in [-0.4, -0.2) is 77.4 Å². The van der Waals surface area contributed by atoms with E-state index in [9.17, 15) is 18.0 Å². The van der Waals surface area contributed by atoms with Crippen molar-refractivity contribution in [3.05, 3.63) is 0 Å². The highest BCUT2D eigenvalue weighted by Gasteiger charge is 2.36. The molecule has 0 aromatic carbocycles. The van der Waals surface area contributed by atoms with Crippen molar-refractivity contribution < 1.29 is 28.2 Å². The van der Waals surface area contributed by atoms with E-state index in [1.165, 1.54) is 23.6 Å². The molecule has 122 valence electrons. The highest BCUT2D eigenvalue weighted by atomic mass is 32.2. The highest BCUT2D eigenvalue weighted by Crippen LogP contribution is 2.21. The summed E-state index contributed by atoms with van der Waals surface area (Å²) in [6.07, 6.45) is -0.130. The lowest BCUT2D eigenvalue weighted by Crippen LogP contribution is -2.56. The van der Waals surface area contributed by atoms with Crippen molar-refractivity contribution in [1.29, 1.82) is 0 Å². The van der Waals surface area contributed by atoms with Crippen LogP contribution in [0.5, 0.6) is 0 Å². The summed E-state index contributed by atoms with van der Waals surface area (Å²) in [5.41, 5.74) is 0. The Morgan fingerprint density at radius 3 is 2.67 bits per heavy atom. The van der Waals surface area contributed by atoms with Gasteiger partial charge in [0.2, 0.25) is 0 Å². The number of hydrogen-bond acceptors (Lipinski definition) is 6. The Balaban J connectivity index is 2.84. The molecule has 8 nitrogen and oxygen atoms in total. The third kappa shape index (κ3) is 4.75. The number of nitrogens with zero attached hydrogens (tertiary/aromatic N) is 1. The third-order valence-corrected chi connectivity index (χ3v) is 6.46. The zero-order chi connectivity index (χ0) is 16.0. The van der Waals surface area contributed by atoms with Crippen molar-refractivity contribution >= 4 is 33.6 Å². The summed E-state index contributed by atoms with van der Waals surface area (Å²) in [4.78, 5) is 24.3. The Hall–Kier alpha value is -1.00. The monoisotopic (exact) mass is 340 g/mol. The normalized spacial score (nSPS) is 20.9. The van der Waals surface area contributed by atoms with Crippen molar-refractivity contribution in [3.63, 3.8) is 0 Å². The largest absolute Gasteiger partial charge is 0.480 e. The first-order valence-corrected chi connectivity index (χ1v) is 9.40. The lowest BCUT2D eigenvalue weighted by molar-refractivity contribution is -0.139. The van der Waals surface area contributed by atoms with E-state index >= 15 is 0 Å². The number of nitrogens with one attached hydrogen (secondary N) is 1. The Morgan fingerprint density at radius 2 is 2.14 bits per heavy atom. The minimum atomic E-state index is -3.44. The van der Waals surface area contributed by atoms with E-state index in [2.05, 4.69) is 5.32 Å². The van der Waals surface area contributed by atoms with Gasteiger partial charge in [-0.15, -0.1) is 0 Å². The van der Waals surface area contributed by atoms with E-state index in [1.807, 2.05) is 0 Å². The maximum Gasteiger partial charge on any atom is 0.326 e. The number of carboxylic acids is 1. The SMILES string of the molecule is CCS(=O)(=O)C1CSCCN1C(=O)N[C@H](CCO)C(=O)O. The first-order valence-electron chi connectivity index (χ1n) is 6.53. The average Bonchev–Trinajstić information content (AvgIpc) is 2.46. The molecular formula is C11H20N2O6S2. The van der Waals surface area contributed by atoms with E-state index < -0.39 is 33.3 Å². The van der Waals surface area contributed by atoms with Gasteiger partial charge in [-0.1, -0.05) is 6.92 Å². The summed E-state index contributed by atoms with van der Waals surface area (Å²) >= 11 is 1.44. The number of aliphatic hydroxyl groups is 1. The number of aliphatic carboxylic acids is 1. The van der Waals surface area contributed by atoms with Gasteiger partial charge in [-0.05, 0) is 0 Å². The van der Waals surface area contributed by atoms with Gasteiger partial charge in [0.25, 0.3) is 0 Å². The molecule has 1 aliphatic heterocycles. The van der Waals surface area contributed by atoms with Gasteiger partial charge in [0, 0.05) is 36.8 Å². The van der Waals surface area contributed by atoms with Gasteiger partial charge in [-0.2, -0.15) is 11.8 Å². The van der Waals surface area contributed by atoms with E-state index in [0.29, 0.717) is 5.75 Å². The molecule has 10 heteroatoms. The molecule has 0 bridgehead atoms. The summed E-state index contributed by atoms with van der Waals surface area (Å²) in [5.74, 6) is -0.470. The minimum absolute atomic E-state index is 0.0823. The maximum absolute atomic E-state index is 12.2. The van der Waals surface area contributed by atoms with Crippen LogP contribution in [0.1, 0.15) is 13.3 Å². The predicted octanol–water partition coefficient (Wildman–Crippen LogP) is -0.659. The van der Waals surface area contributed by atoms with Crippen LogP contribution in [0, 0.1) is 0 Å². The van der Waals surface area contributed by atoms with Crippen molar-refractivity contribution in [2.75, 3.05) is 30.4 Å². The second-order valence-electron chi connectivity index (χ2n) is 4.53. The second-order valence-corrected chi connectivity index (χ2v) is 8.12. The maximum atomic E-state index is 12.2. The molecule has 1 aliphatic rings. The zero-order valence-electron chi connectivity index (χ0n) is 11.7. The smallest absolute Gasteiger partial charge is 0.326 e. The molecule has 0 aliphatic carbocycles. The Labute approximate surface area is 127 Å². The quantitative estimate of drug-likeness (QED) is 0.586. The van der Waals surface area contributed by atoms with Crippen LogP contribution >= 0.6 is 11.8 Å². The van der Waals surface area contributed by atoms with Crippen LogP contribution in [-0.2, 0) is 14.6 Å². The third-order valence-electron chi connectivity index (χ3n) is 3.18. The van der Waals surface area contributed by atoms with Crippen LogP contribution in [0.15, 0.2) is 0 Å². The molecule has 1 heterocycles. The van der Waals surface area contributed by atoms with E-state index in [-0.39, 0.29) is 31.1 Å². The van der Waals surface area contributed by atoms with Gasteiger partial charge in [0.05, 0.1) is 0 Å². The van der Waals surface area contributed by atoms with Gasteiger partial charge in [-0.3, -0.25) is 0 Å². The van der Waals surface area contributed by atoms with Gasteiger partial charge in [-0.25, -0.2) is 18.0 Å². The highest BCUT2D eigenvalue weighted by molar-refractivity contribution is 8.01. The average molecular weight is 340 g/mol. The first-order chi connectivity index (χ1) is 9.83. The summed E-state index contributed by atoms with van der Waals surface area (Å²) in [7, 11) is -3.44. The molecule has 0 aromatic rings. The molecule has 3 N–H and O–H groups in total. The molecule has 1 rings (SSSR count). The van der Waals surface area contributed by atoms with Crippen LogP contribution in [0.3, 0.4) is 0 Å². The molecule has 0 spiro atoms. The van der Waals surface area contributed by atoms with Gasteiger partial charge in [0.1, 0.15) is 11.4 Å². The Morgan fingerprint density at radius 1 is 1.48 bits per heavy atom. The van der Waals surface area contributed by atoms with E-state index in [1.54, 1.807) is 0 Å².